The molecule has 3 rings (SSSR count). The molecule has 0 saturated carbocycles. The summed E-state index contributed by atoms with van der Waals surface area (Å²) < 4.78 is 0. The van der Waals surface area contributed by atoms with Gasteiger partial charge in [0.1, 0.15) is 0 Å². The highest BCUT2D eigenvalue weighted by Gasteiger charge is 2.19. The van der Waals surface area contributed by atoms with Crippen LogP contribution in [-0.2, 0) is 0 Å². The quantitative estimate of drug-likeness (QED) is 0.936. The molecule has 1 fully saturated rings. The van der Waals surface area contributed by atoms with Crippen molar-refractivity contribution >= 4 is 17.5 Å². The minimum atomic E-state index is -0.174. The van der Waals surface area contributed by atoms with E-state index in [1.165, 1.54) is 0 Å². The van der Waals surface area contributed by atoms with Gasteiger partial charge in [0.15, 0.2) is 0 Å². The van der Waals surface area contributed by atoms with Gasteiger partial charge in [-0.05, 0) is 32.5 Å². The summed E-state index contributed by atoms with van der Waals surface area (Å²) in [6, 6.07) is 7.71. The van der Waals surface area contributed by atoms with E-state index in [1.54, 1.807) is 6.20 Å². The van der Waals surface area contributed by atoms with Crippen molar-refractivity contribution in [3.05, 3.63) is 47.3 Å². The second-order valence-electron chi connectivity index (χ2n) is 6.23. The molecule has 1 aliphatic heterocycles. The Bertz CT molecular complexity index is 738. The van der Waals surface area contributed by atoms with Crippen LogP contribution in [0, 0.1) is 13.8 Å². The molecule has 6 nitrogen and oxygen atoms in total. The second kappa shape index (κ2) is 6.97. The highest BCUT2D eigenvalue weighted by atomic mass is 16.1. The molecule has 1 amide bonds. The van der Waals surface area contributed by atoms with Crippen molar-refractivity contribution in [3.63, 3.8) is 0 Å². The lowest BCUT2D eigenvalue weighted by atomic mass is 10.2. The molecule has 0 bridgehead atoms. The van der Waals surface area contributed by atoms with Crippen LogP contribution in [0.1, 0.15) is 21.6 Å². The number of carbonyl (C=O) groups is 1. The van der Waals surface area contributed by atoms with Crippen LogP contribution in [0.4, 0.5) is 11.6 Å². The number of hydrogen-bond donors (Lipinski definition) is 1. The van der Waals surface area contributed by atoms with E-state index in [0.717, 1.165) is 37.4 Å². The first-order valence-electron chi connectivity index (χ1n) is 8.18. The summed E-state index contributed by atoms with van der Waals surface area (Å²) in [7, 11) is 2.11. The van der Waals surface area contributed by atoms with Gasteiger partial charge < -0.3 is 15.1 Å². The summed E-state index contributed by atoms with van der Waals surface area (Å²) in [4.78, 5) is 25.9. The first-order valence-corrected chi connectivity index (χ1v) is 8.18. The molecule has 0 radical (unpaired) electrons. The summed E-state index contributed by atoms with van der Waals surface area (Å²) >= 11 is 0. The van der Waals surface area contributed by atoms with E-state index in [0.29, 0.717) is 17.2 Å². The zero-order valence-corrected chi connectivity index (χ0v) is 14.4. The Labute approximate surface area is 142 Å². The number of likely N-dealkylation sites (N-methyl/N-ethyl adjacent to an activating group) is 1. The predicted molar refractivity (Wildman–Crippen MR) is 95.6 cm³/mol. The van der Waals surface area contributed by atoms with E-state index in [2.05, 4.69) is 32.1 Å². The normalized spacial score (nSPS) is 15.4. The fourth-order valence-electron chi connectivity index (χ4n) is 2.74. The molecule has 1 saturated heterocycles. The number of nitrogens with zero attached hydrogens (tertiary/aromatic N) is 4. The van der Waals surface area contributed by atoms with Gasteiger partial charge in [0, 0.05) is 38.1 Å². The van der Waals surface area contributed by atoms with Crippen LogP contribution in [0.15, 0.2) is 30.5 Å². The molecule has 0 unspecified atom stereocenters. The summed E-state index contributed by atoms with van der Waals surface area (Å²) in [5, 5.41) is 2.93. The van der Waals surface area contributed by atoms with E-state index in [4.69, 9.17) is 0 Å². The van der Waals surface area contributed by atoms with Crippen LogP contribution in [0.2, 0.25) is 0 Å². The number of piperazine rings is 1. The van der Waals surface area contributed by atoms with Crippen LogP contribution < -0.4 is 10.2 Å². The number of anilines is 2. The topological polar surface area (TPSA) is 61.4 Å². The zero-order valence-electron chi connectivity index (χ0n) is 14.4. The molecule has 1 aromatic carbocycles. The molecule has 126 valence electrons. The number of amides is 1. The number of carbonyl (C=O) groups excluding carboxylic acids is 1. The van der Waals surface area contributed by atoms with Gasteiger partial charge in [-0.3, -0.25) is 4.79 Å². The van der Waals surface area contributed by atoms with Gasteiger partial charge in [-0.15, -0.1) is 0 Å². The van der Waals surface area contributed by atoms with E-state index in [-0.39, 0.29) is 5.91 Å². The van der Waals surface area contributed by atoms with Gasteiger partial charge in [0.2, 0.25) is 5.95 Å². The number of aromatic nitrogens is 2. The minimum absolute atomic E-state index is 0.174. The Balaban J connectivity index is 1.75. The Morgan fingerprint density at radius 1 is 1.12 bits per heavy atom. The van der Waals surface area contributed by atoms with E-state index in [9.17, 15) is 4.79 Å². The van der Waals surface area contributed by atoms with Gasteiger partial charge in [-0.2, -0.15) is 0 Å². The van der Waals surface area contributed by atoms with Crippen molar-refractivity contribution < 1.29 is 4.79 Å². The first kappa shape index (κ1) is 16.4. The standard InChI is InChI=1S/C18H23N5O/c1-13-6-4-5-7-16(13)21-17(24)15-12-19-18(20-14(15)2)23-10-8-22(3)9-11-23/h4-7,12H,8-11H2,1-3H3,(H,21,24). The van der Waals surface area contributed by atoms with Crippen molar-refractivity contribution in [2.24, 2.45) is 0 Å². The van der Waals surface area contributed by atoms with E-state index in [1.807, 2.05) is 38.1 Å². The number of benzene rings is 1. The number of nitrogens with one attached hydrogen (secondary N) is 1. The summed E-state index contributed by atoms with van der Waals surface area (Å²) in [5.41, 5.74) is 3.05. The Morgan fingerprint density at radius 2 is 1.83 bits per heavy atom. The average Bonchev–Trinajstić information content (AvgIpc) is 2.57. The number of rotatable bonds is 3. The molecule has 1 aliphatic rings. The molecule has 24 heavy (non-hydrogen) atoms. The van der Waals surface area contributed by atoms with Gasteiger partial charge in [-0.25, -0.2) is 9.97 Å². The monoisotopic (exact) mass is 325 g/mol. The van der Waals surface area contributed by atoms with Crippen LogP contribution in [0.5, 0.6) is 0 Å². The third-order valence-electron chi connectivity index (χ3n) is 4.39. The smallest absolute Gasteiger partial charge is 0.259 e. The molecule has 2 aromatic rings. The highest BCUT2D eigenvalue weighted by molar-refractivity contribution is 6.05. The number of hydrogen-bond acceptors (Lipinski definition) is 5. The Hall–Kier alpha value is -2.47. The molecule has 0 aliphatic carbocycles. The Morgan fingerprint density at radius 3 is 2.50 bits per heavy atom. The second-order valence-corrected chi connectivity index (χ2v) is 6.23. The van der Waals surface area contributed by atoms with E-state index >= 15 is 0 Å². The molecular formula is C18H23N5O. The summed E-state index contributed by atoms with van der Waals surface area (Å²) in [6.45, 7) is 7.63. The number of para-hydroxylation sites is 1. The van der Waals surface area contributed by atoms with Crippen LogP contribution >= 0.6 is 0 Å². The molecule has 0 atom stereocenters. The fourth-order valence-corrected chi connectivity index (χ4v) is 2.74. The first-order chi connectivity index (χ1) is 11.5. The van der Waals surface area contributed by atoms with Crippen molar-refractivity contribution in [1.29, 1.82) is 0 Å². The number of aryl methyl sites for hydroxylation is 2. The third kappa shape index (κ3) is 3.54. The lowest BCUT2D eigenvalue weighted by Gasteiger charge is -2.32. The lowest BCUT2D eigenvalue weighted by Crippen LogP contribution is -2.45. The lowest BCUT2D eigenvalue weighted by molar-refractivity contribution is 0.102. The maximum atomic E-state index is 12.5. The zero-order chi connectivity index (χ0) is 17.1. The van der Waals surface area contributed by atoms with Gasteiger partial charge in [0.05, 0.1) is 11.3 Å². The highest BCUT2D eigenvalue weighted by Crippen LogP contribution is 2.17. The molecular weight excluding hydrogens is 302 g/mol. The largest absolute Gasteiger partial charge is 0.338 e. The SMILES string of the molecule is Cc1ccccc1NC(=O)c1cnc(N2CCN(C)CC2)nc1C. The van der Waals surface area contributed by atoms with Crippen molar-refractivity contribution in [2.75, 3.05) is 43.4 Å². The predicted octanol–water partition coefficient (Wildman–Crippen LogP) is 2.10. The van der Waals surface area contributed by atoms with E-state index < -0.39 is 0 Å². The molecule has 0 spiro atoms. The van der Waals surface area contributed by atoms with Crippen LogP contribution in [0.3, 0.4) is 0 Å². The van der Waals surface area contributed by atoms with Gasteiger partial charge in [-0.1, -0.05) is 18.2 Å². The molecule has 6 heteroatoms. The summed E-state index contributed by atoms with van der Waals surface area (Å²) in [5.74, 6) is 0.528. The molecule has 1 N–H and O–H groups in total. The van der Waals surface area contributed by atoms with Crippen molar-refractivity contribution in [1.82, 2.24) is 14.9 Å². The van der Waals surface area contributed by atoms with Crippen LogP contribution in [-0.4, -0.2) is 54.0 Å². The Kier molecular flexibility index (Phi) is 4.76. The van der Waals surface area contributed by atoms with Crippen molar-refractivity contribution in [2.45, 2.75) is 13.8 Å². The summed E-state index contributed by atoms with van der Waals surface area (Å²) in [6.07, 6.45) is 1.63. The molecule has 1 aromatic heterocycles. The minimum Gasteiger partial charge on any atom is -0.338 e. The van der Waals surface area contributed by atoms with Gasteiger partial charge in [0.25, 0.3) is 5.91 Å². The third-order valence-corrected chi connectivity index (χ3v) is 4.39. The van der Waals surface area contributed by atoms with Gasteiger partial charge >= 0.3 is 0 Å². The maximum absolute atomic E-state index is 12.5. The maximum Gasteiger partial charge on any atom is 0.259 e. The average molecular weight is 325 g/mol. The van der Waals surface area contributed by atoms with Crippen molar-refractivity contribution in [3.8, 4) is 0 Å². The fraction of sp³-hybridized carbons (Fsp3) is 0.389. The molecule has 2 heterocycles. The van der Waals surface area contributed by atoms with Crippen LogP contribution in [0.25, 0.3) is 0 Å².